The zero-order chi connectivity index (χ0) is 32.8. The highest BCUT2D eigenvalue weighted by Crippen LogP contribution is 2.55. The van der Waals surface area contributed by atoms with E-state index in [1.807, 2.05) is 19.9 Å². The molecule has 250 valence electrons. The highest BCUT2D eigenvalue weighted by atomic mass is 35.5. The molecule has 45 heavy (non-hydrogen) atoms. The second-order valence-corrected chi connectivity index (χ2v) is 12.9. The number of aromatic nitrogens is 1. The van der Waals surface area contributed by atoms with Gasteiger partial charge in [-0.15, -0.1) is 0 Å². The summed E-state index contributed by atoms with van der Waals surface area (Å²) in [4.78, 5) is 34.1. The van der Waals surface area contributed by atoms with Crippen LogP contribution in [0.15, 0.2) is 40.0 Å². The molecule has 1 aliphatic carbocycles. The molecule has 0 amide bonds. The summed E-state index contributed by atoms with van der Waals surface area (Å²) < 4.78 is 18.4. The fourth-order valence-corrected chi connectivity index (χ4v) is 6.20. The Morgan fingerprint density at radius 1 is 1.22 bits per heavy atom. The normalized spacial score (nSPS) is 19.3. The third-order valence-corrected chi connectivity index (χ3v) is 9.24. The number of anilines is 1. The van der Waals surface area contributed by atoms with Gasteiger partial charge in [0.15, 0.2) is 0 Å². The molecule has 2 atom stereocenters. The number of pyridine rings is 1. The molecule has 0 spiro atoms. The Bertz CT molecular complexity index is 1210. The van der Waals surface area contributed by atoms with E-state index in [0.717, 1.165) is 75.1 Å². The van der Waals surface area contributed by atoms with E-state index in [0.29, 0.717) is 31.1 Å². The van der Waals surface area contributed by atoms with E-state index in [9.17, 15) is 19.1 Å². The number of aryl methyl sites for hydroxylation is 2. The van der Waals surface area contributed by atoms with Crippen LogP contribution in [0.2, 0.25) is 0 Å². The first-order valence-electron chi connectivity index (χ1n) is 16.2. The number of carboxylic acids is 1. The number of methoxy groups -OCH3 is 1. The number of hydrogen-bond acceptors (Lipinski definition) is 8. The molecule has 9 nitrogen and oxygen atoms in total. The third kappa shape index (κ3) is 11.2. The molecule has 0 aromatic carbocycles. The van der Waals surface area contributed by atoms with Crippen molar-refractivity contribution in [2.75, 3.05) is 51.8 Å². The second-order valence-electron chi connectivity index (χ2n) is 12.5. The van der Waals surface area contributed by atoms with Crippen LogP contribution in [-0.2, 0) is 27.2 Å². The average Bonchev–Trinajstić information content (AvgIpc) is 3.81. The van der Waals surface area contributed by atoms with Crippen LogP contribution in [0.1, 0.15) is 70.6 Å². The summed E-state index contributed by atoms with van der Waals surface area (Å²) in [5.41, 5.74) is 3.01. The Kier molecular flexibility index (Phi) is 14.9. The Balaban J connectivity index is 0.000000305. The van der Waals surface area contributed by atoms with Crippen molar-refractivity contribution in [2.45, 2.75) is 78.2 Å². The second kappa shape index (κ2) is 18.4. The monoisotopic (exact) mass is 647 g/mol. The lowest BCUT2D eigenvalue weighted by atomic mass is 9.91. The zero-order valence-corrected chi connectivity index (χ0v) is 28.0. The van der Waals surface area contributed by atoms with Gasteiger partial charge in [-0.2, -0.15) is 0 Å². The summed E-state index contributed by atoms with van der Waals surface area (Å²) in [5, 5.41) is 16.3. The number of aliphatic carboxylic acids is 1. The maximum atomic E-state index is 13.2. The van der Waals surface area contributed by atoms with Gasteiger partial charge < -0.3 is 25.4 Å². The van der Waals surface area contributed by atoms with Crippen molar-refractivity contribution >= 4 is 35.5 Å². The lowest BCUT2D eigenvalue weighted by Gasteiger charge is -2.27. The molecule has 3 heterocycles. The Morgan fingerprint density at radius 3 is 2.64 bits per heavy atom. The van der Waals surface area contributed by atoms with Crippen LogP contribution < -0.4 is 10.6 Å². The van der Waals surface area contributed by atoms with Crippen molar-refractivity contribution in [3.05, 3.63) is 46.3 Å². The first-order chi connectivity index (χ1) is 21.6. The fourth-order valence-electron chi connectivity index (χ4n) is 5.88. The number of Topliss-reactive ketones (excluding diaryl/α,β-unsaturated/α-hetero) is 1. The van der Waals surface area contributed by atoms with Crippen LogP contribution in [0.4, 0.5) is 10.2 Å². The van der Waals surface area contributed by atoms with Crippen LogP contribution in [0.5, 0.6) is 0 Å². The third-order valence-electron chi connectivity index (χ3n) is 8.93. The Hall–Kier alpha value is -2.82. The summed E-state index contributed by atoms with van der Waals surface area (Å²) >= 11 is 6.14. The predicted molar refractivity (Wildman–Crippen MR) is 179 cm³/mol. The largest absolute Gasteiger partial charge is 0.481 e. The lowest BCUT2D eigenvalue weighted by Crippen LogP contribution is -2.37. The number of carbonyl (C=O) groups is 2. The highest BCUT2D eigenvalue weighted by molar-refractivity contribution is 6.32. The number of fused-ring (bicyclic) bond motifs is 1. The standard InChI is InChI=1S/C23H38FN3O3.C11H13ClN2O/c1-17(2)21(23(28)29)11-14-27(16-20(15-24)30-3)13-5-4-8-19-10-9-18-7-6-12-25-22(18)26-19;1-8(15)11(3-4-11)9-2-5-13-7-14-6-10(9)12/h9-10,17,20-21H,4-8,11-16H2,1-3H3,(H,25,26)(H,28,29);2,6-7H,3-5H2,1H3,(H,13,14)/b;9-2+,10-6?. The molecule has 3 aliphatic rings. The molecule has 3 N–H and O–H groups in total. The molecule has 2 unspecified atom stereocenters. The molecule has 1 aromatic rings. The van der Waals surface area contributed by atoms with Crippen molar-refractivity contribution in [2.24, 2.45) is 22.2 Å². The molecule has 0 saturated heterocycles. The minimum Gasteiger partial charge on any atom is -0.481 e. The molecule has 4 rings (SSSR count). The van der Waals surface area contributed by atoms with Gasteiger partial charge in [0.05, 0.1) is 35.4 Å². The maximum Gasteiger partial charge on any atom is 0.306 e. The van der Waals surface area contributed by atoms with E-state index in [1.54, 1.807) is 19.5 Å². The van der Waals surface area contributed by atoms with Gasteiger partial charge in [-0.25, -0.2) is 9.37 Å². The van der Waals surface area contributed by atoms with Gasteiger partial charge in [-0.05, 0) is 94.5 Å². The molecule has 0 radical (unpaired) electrons. The maximum absolute atomic E-state index is 13.2. The molecule has 1 aromatic heterocycles. The SMILES string of the molecule is CC(=O)C1(/C2=C/CN=CNC=C2Cl)CC1.COC(CF)CN(CCCCc1ccc2c(n1)NCCC2)CCC(C(=O)O)C(C)C. The number of nitrogens with one attached hydrogen (secondary N) is 2. The lowest BCUT2D eigenvalue weighted by molar-refractivity contribution is -0.143. The van der Waals surface area contributed by atoms with Crippen molar-refractivity contribution in [3.8, 4) is 0 Å². The van der Waals surface area contributed by atoms with Gasteiger partial charge in [-0.1, -0.05) is 37.6 Å². The van der Waals surface area contributed by atoms with Crippen LogP contribution in [-0.4, -0.2) is 85.7 Å². The molecule has 1 saturated carbocycles. The van der Waals surface area contributed by atoms with Gasteiger partial charge in [0.2, 0.25) is 0 Å². The van der Waals surface area contributed by atoms with Gasteiger partial charge in [0, 0.05) is 32.1 Å². The summed E-state index contributed by atoms with van der Waals surface area (Å²) in [6.07, 6.45) is 12.2. The summed E-state index contributed by atoms with van der Waals surface area (Å²) in [5.74, 6) is 0.161. The molecular formula is C34H51ClFN5O4. The van der Waals surface area contributed by atoms with Gasteiger partial charge in [-0.3, -0.25) is 14.6 Å². The minimum atomic E-state index is -0.758. The fraction of sp³-hybridized carbons (Fsp3) is 0.647. The summed E-state index contributed by atoms with van der Waals surface area (Å²) in [6, 6.07) is 4.30. The number of ether oxygens (including phenoxy) is 1. The Labute approximate surface area is 272 Å². The van der Waals surface area contributed by atoms with Gasteiger partial charge in [0.25, 0.3) is 0 Å². The van der Waals surface area contributed by atoms with Crippen molar-refractivity contribution < 1.29 is 23.8 Å². The highest BCUT2D eigenvalue weighted by Gasteiger charge is 2.51. The predicted octanol–water partition coefficient (Wildman–Crippen LogP) is 5.79. The molecule has 2 aliphatic heterocycles. The van der Waals surface area contributed by atoms with Crippen molar-refractivity contribution in [1.82, 2.24) is 15.2 Å². The summed E-state index contributed by atoms with van der Waals surface area (Å²) in [6.45, 7) is 8.44. The number of allylic oxidation sites excluding steroid dienone is 2. The Morgan fingerprint density at radius 2 is 2.00 bits per heavy atom. The van der Waals surface area contributed by atoms with E-state index in [1.165, 1.54) is 12.7 Å². The van der Waals surface area contributed by atoms with Gasteiger partial charge in [0.1, 0.15) is 18.3 Å². The van der Waals surface area contributed by atoms with Crippen LogP contribution in [0.25, 0.3) is 0 Å². The van der Waals surface area contributed by atoms with E-state index in [2.05, 4.69) is 32.7 Å². The summed E-state index contributed by atoms with van der Waals surface area (Å²) in [7, 11) is 1.52. The van der Waals surface area contributed by atoms with Crippen LogP contribution in [0.3, 0.4) is 0 Å². The van der Waals surface area contributed by atoms with E-state index >= 15 is 0 Å². The quantitative estimate of drug-likeness (QED) is 0.193. The number of alkyl halides is 1. The van der Waals surface area contributed by atoms with Crippen LogP contribution in [0, 0.1) is 17.3 Å². The first kappa shape index (κ1) is 36.6. The van der Waals surface area contributed by atoms with E-state index in [4.69, 9.17) is 21.3 Å². The number of nitrogens with zero attached hydrogens (tertiary/aromatic N) is 3. The number of rotatable bonds is 16. The number of carboxylic acid groups (broad SMARTS) is 1. The average molecular weight is 648 g/mol. The smallest absolute Gasteiger partial charge is 0.306 e. The number of ketones is 1. The topological polar surface area (TPSA) is 116 Å². The zero-order valence-electron chi connectivity index (χ0n) is 27.3. The number of carbonyl (C=O) groups excluding carboxylic acids is 1. The van der Waals surface area contributed by atoms with E-state index < -0.39 is 18.7 Å². The number of halogens is 2. The number of hydrogen-bond donors (Lipinski definition) is 3. The molecular weight excluding hydrogens is 597 g/mol. The molecule has 11 heteroatoms. The van der Waals surface area contributed by atoms with Crippen molar-refractivity contribution in [3.63, 3.8) is 0 Å². The number of unbranched alkanes of at least 4 members (excludes halogenated alkanes) is 1. The van der Waals surface area contributed by atoms with E-state index in [-0.39, 0.29) is 23.0 Å². The first-order valence-corrected chi connectivity index (χ1v) is 16.6. The van der Waals surface area contributed by atoms with Crippen LogP contribution >= 0.6 is 11.6 Å². The number of aliphatic imine (C=N–C) groups is 1. The van der Waals surface area contributed by atoms with Gasteiger partial charge >= 0.3 is 5.97 Å². The molecule has 1 fully saturated rings. The minimum absolute atomic E-state index is 0.0763. The molecule has 0 bridgehead atoms. The van der Waals surface area contributed by atoms with Crippen molar-refractivity contribution in [1.29, 1.82) is 0 Å².